The highest BCUT2D eigenvalue weighted by molar-refractivity contribution is 7.92. The van der Waals surface area contributed by atoms with Crippen molar-refractivity contribution in [2.24, 2.45) is 0 Å². The molecule has 0 spiro atoms. The zero-order valence-electron chi connectivity index (χ0n) is 19.8. The van der Waals surface area contributed by atoms with Crippen molar-refractivity contribution in [3.05, 3.63) is 83.7 Å². The molecule has 184 valence electrons. The molecule has 0 aliphatic rings. The highest BCUT2D eigenvalue weighted by atomic mass is 32.2. The third-order valence-corrected chi connectivity index (χ3v) is 6.23. The van der Waals surface area contributed by atoms with Crippen molar-refractivity contribution in [3.63, 3.8) is 0 Å². The van der Waals surface area contributed by atoms with E-state index in [2.05, 4.69) is 4.98 Å². The topological polar surface area (TPSA) is 112 Å². The predicted octanol–water partition coefficient (Wildman–Crippen LogP) is 4.19. The van der Waals surface area contributed by atoms with Gasteiger partial charge in [0.2, 0.25) is 0 Å². The van der Waals surface area contributed by atoms with Crippen LogP contribution in [0.3, 0.4) is 0 Å². The first-order chi connectivity index (χ1) is 16.6. The Hall–Kier alpha value is -3.76. The number of ether oxygens (including phenoxy) is 2. The minimum absolute atomic E-state index is 0.0726. The molecule has 0 saturated heterocycles. The van der Waals surface area contributed by atoms with Gasteiger partial charge < -0.3 is 9.47 Å². The van der Waals surface area contributed by atoms with Crippen LogP contribution in [-0.4, -0.2) is 38.4 Å². The molecular formula is C25H26N2O7S. The molecule has 0 aliphatic heterocycles. The molecular weight excluding hydrogens is 472 g/mol. The first-order valence-electron chi connectivity index (χ1n) is 10.6. The smallest absolute Gasteiger partial charge is 0.340 e. The lowest BCUT2D eigenvalue weighted by Crippen LogP contribution is -2.34. The fraction of sp³-hybridized carbons (Fsp3) is 0.240. The van der Waals surface area contributed by atoms with Gasteiger partial charge in [0.15, 0.2) is 6.29 Å². The summed E-state index contributed by atoms with van der Waals surface area (Å²) in [6.45, 7) is 4.83. The number of rotatable bonds is 9. The number of nitrogens with zero attached hydrogens (tertiary/aromatic N) is 2. The molecule has 0 N–H and O–H groups in total. The van der Waals surface area contributed by atoms with E-state index < -0.39 is 21.6 Å². The van der Waals surface area contributed by atoms with Crippen LogP contribution in [0.2, 0.25) is 0 Å². The van der Waals surface area contributed by atoms with E-state index in [0.29, 0.717) is 22.1 Å². The second kappa shape index (κ2) is 10.7. The Labute approximate surface area is 204 Å². The molecule has 9 nitrogen and oxygen atoms in total. The Kier molecular flexibility index (Phi) is 7.88. The molecule has 0 aliphatic carbocycles. The van der Waals surface area contributed by atoms with Crippen LogP contribution < -0.4 is 9.21 Å². The summed E-state index contributed by atoms with van der Waals surface area (Å²) in [6.07, 6.45) is 3.53. The largest absolute Gasteiger partial charge is 0.497 e. The van der Waals surface area contributed by atoms with E-state index in [1.807, 2.05) is 0 Å². The molecule has 0 atom stereocenters. The van der Waals surface area contributed by atoms with Crippen LogP contribution in [0.15, 0.2) is 71.9 Å². The standard InChI is InChI=1S/C25H26N2O7S/c1-25(2,3)34-24(29)22-9-5-8-19(16-28)23(22)27(33-17-18-7-6-14-26-15-18)35(30,31)21-12-10-20(32-4)11-13-21/h5-16H,17H2,1-4H3. The number of methoxy groups -OCH3 is 1. The first-order valence-corrected chi connectivity index (χ1v) is 12.0. The van der Waals surface area contributed by atoms with Gasteiger partial charge in [-0.1, -0.05) is 12.1 Å². The van der Waals surface area contributed by atoms with Crippen molar-refractivity contribution >= 4 is 28.0 Å². The van der Waals surface area contributed by atoms with E-state index in [4.69, 9.17) is 14.3 Å². The normalized spacial score (nSPS) is 11.5. The molecule has 1 aromatic heterocycles. The number of esters is 1. The van der Waals surface area contributed by atoms with Crippen LogP contribution in [0.1, 0.15) is 47.1 Å². The number of carbonyl (C=O) groups is 2. The lowest BCUT2D eigenvalue weighted by Gasteiger charge is -2.27. The highest BCUT2D eigenvalue weighted by Gasteiger charge is 2.33. The van der Waals surface area contributed by atoms with E-state index in [1.165, 1.54) is 55.8 Å². The van der Waals surface area contributed by atoms with Crippen molar-refractivity contribution in [1.82, 2.24) is 4.98 Å². The number of sulfonamides is 1. The summed E-state index contributed by atoms with van der Waals surface area (Å²) in [5.74, 6) is -0.356. The summed E-state index contributed by atoms with van der Waals surface area (Å²) in [5.41, 5.74) is -0.757. The quantitative estimate of drug-likeness (QED) is 0.245. The number of aromatic nitrogens is 1. The number of anilines is 1. The van der Waals surface area contributed by atoms with E-state index in [9.17, 15) is 18.0 Å². The van der Waals surface area contributed by atoms with Crippen molar-refractivity contribution in [3.8, 4) is 5.75 Å². The Morgan fingerprint density at radius 2 is 1.77 bits per heavy atom. The third kappa shape index (κ3) is 6.23. The Morgan fingerprint density at radius 3 is 2.34 bits per heavy atom. The molecule has 3 rings (SSSR count). The van der Waals surface area contributed by atoms with Crippen molar-refractivity contribution < 1.29 is 32.3 Å². The van der Waals surface area contributed by atoms with Gasteiger partial charge in [-0.25, -0.2) is 4.79 Å². The second-order valence-electron chi connectivity index (χ2n) is 8.41. The fourth-order valence-corrected chi connectivity index (χ4v) is 4.38. The highest BCUT2D eigenvalue weighted by Crippen LogP contribution is 2.33. The van der Waals surface area contributed by atoms with Gasteiger partial charge in [-0.3, -0.25) is 14.6 Å². The Balaban J connectivity index is 2.18. The van der Waals surface area contributed by atoms with Gasteiger partial charge in [-0.05, 0) is 68.8 Å². The molecule has 3 aromatic rings. The van der Waals surface area contributed by atoms with Crippen LogP contribution in [0.5, 0.6) is 5.75 Å². The van der Waals surface area contributed by atoms with E-state index in [1.54, 1.807) is 39.1 Å². The number of pyridine rings is 1. The maximum atomic E-state index is 13.8. The van der Waals surface area contributed by atoms with Gasteiger partial charge in [-0.15, -0.1) is 4.47 Å². The second-order valence-corrected chi connectivity index (χ2v) is 10.2. The third-order valence-electron chi connectivity index (χ3n) is 4.64. The van der Waals surface area contributed by atoms with Crippen molar-refractivity contribution in [2.45, 2.75) is 37.9 Å². The summed E-state index contributed by atoms with van der Waals surface area (Å²) in [6, 6.07) is 13.2. The fourth-order valence-electron chi connectivity index (χ4n) is 3.07. The Morgan fingerprint density at radius 1 is 1.06 bits per heavy atom. The molecule has 0 saturated carbocycles. The number of hydrogen-bond donors (Lipinski definition) is 0. The number of aldehydes is 1. The van der Waals surface area contributed by atoms with Crippen molar-refractivity contribution in [2.75, 3.05) is 11.6 Å². The maximum absolute atomic E-state index is 13.8. The number of benzene rings is 2. The summed E-state index contributed by atoms with van der Waals surface area (Å²) < 4.78 is 38.7. The number of hydrogen-bond acceptors (Lipinski definition) is 8. The zero-order chi connectivity index (χ0) is 25.6. The maximum Gasteiger partial charge on any atom is 0.340 e. The summed E-state index contributed by atoms with van der Waals surface area (Å²) in [5, 5.41) is 0. The van der Waals surface area contributed by atoms with Gasteiger partial charge in [0.1, 0.15) is 23.6 Å². The minimum Gasteiger partial charge on any atom is -0.497 e. The molecule has 0 bridgehead atoms. The van der Waals surface area contributed by atoms with Gasteiger partial charge in [-0.2, -0.15) is 8.42 Å². The lowest BCUT2D eigenvalue weighted by atomic mass is 10.1. The van der Waals surface area contributed by atoms with E-state index in [-0.39, 0.29) is 28.3 Å². The monoisotopic (exact) mass is 498 g/mol. The molecule has 1 heterocycles. The van der Waals surface area contributed by atoms with Gasteiger partial charge >= 0.3 is 5.97 Å². The van der Waals surface area contributed by atoms with Crippen LogP contribution in [-0.2, 0) is 26.2 Å². The average Bonchev–Trinajstić information content (AvgIpc) is 2.83. The predicted molar refractivity (Wildman–Crippen MR) is 129 cm³/mol. The Bertz CT molecular complexity index is 1290. The van der Waals surface area contributed by atoms with Crippen LogP contribution >= 0.6 is 0 Å². The van der Waals surface area contributed by atoms with E-state index in [0.717, 1.165) is 0 Å². The zero-order valence-corrected chi connectivity index (χ0v) is 20.6. The summed E-state index contributed by atoms with van der Waals surface area (Å²) in [4.78, 5) is 34.6. The van der Waals surface area contributed by atoms with Gasteiger partial charge in [0.05, 0.1) is 17.6 Å². The van der Waals surface area contributed by atoms with Crippen LogP contribution in [0.25, 0.3) is 0 Å². The number of para-hydroxylation sites is 1. The average molecular weight is 499 g/mol. The van der Waals surface area contributed by atoms with Gasteiger partial charge in [0.25, 0.3) is 10.0 Å². The first kappa shape index (κ1) is 25.9. The van der Waals surface area contributed by atoms with Crippen LogP contribution in [0, 0.1) is 0 Å². The van der Waals surface area contributed by atoms with Crippen molar-refractivity contribution in [1.29, 1.82) is 0 Å². The molecule has 10 heteroatoms. The minimum atomic E-state index is -4.41. The van der Waals surface area contributed by atoms with Crippen LogP contribution in [0.4, 0.5) is 5.69 Å². The lowest BCUT2D eigenvalue weighted by molar-refractivity contribution is 0.00684. The number of carbonyl (C=O) groups excluding carboxylic acids is 2. The molecule has 0 radical (unpaired) electrons. The molecule has 0 amide bonds. The summed E-state index contributed by atoms with van der Waals surface area (Å²) >= 11 is 0. The molecule has 2 aromatic carbocycles. The SMILES string of the molecule is COc1ccc(S(=O)(=O)N(OCc2cccnc2)c2c(C=O)cccc2C(=O)OC(C)(C)C)cc1. The molecule has 35 heavy (non-hydrogen) atoms. The van der Waals surface area contributed by atoms with Gasteiger partial charge in [0, 0.05) is 18.0 Å². The summed E-state index contributed by atoms with van der Waals surface area (Å²) in [7, 11) is -2.95. The molecule has 0 fully saturated rings. The van der Waals surface area contributed by atoms with E-state index >= 15 is 0 Å². The molecule has 0 unspecified atom stereocenters.